The van der Waals surface area contributed by atoms with Crippen molar-refractivity contribution in [1.29, 1.82) is 0 Å². The SMILES string of the molecule is C=C(CC)COc1ccc(CCN)cc1F. The van der Waals surface area contributed by atoms with Crippen molar-refractivity contribution in [3.05, 3.63) is 41.7 Å². The summed E-state index contributed by atoms with van der Waals surface area (Å²) in [5.41, 5.74) is 7.24. The lowest BCUT2D eigenvalue weighted by Crippen LogP contribution is -2.04. The molecule has 1 aromatic rings. The summed E-state index contributed by atoms with van der Waals surface area (Å²) in [4.78, 5) is 0. The molecule has 0 aliphatic carbocycles. The standard InChI is InChI=1S/C13H18FNO/c1-3-10(2)9-16-13-5-4-11(6-7-15)8-12(13)14/h4-5,8H,2-3,6-7,9,15H2,1H3. The molecule has 0 spiro atoms. The van der Waals surface area contributed by atoms with Crippen LogP contribution in [0, 0.1) is 5.82 Å². The van der Waals surface area contributed by atoms with Crippen LogP contribution in [0.2, 0.25) is 0 Å². The first-order valence-electron chi connectivity index (χ1n) is 5.45. The average Bonchev–Trinajstić information content (AvgIpc) is 2.28. The van der Waals surface area contributed by atoms with Crippen molar-refractivity contribution in [2.45, 2.75) is 19.8 Å². The van der Waals surface area contributed by atoms with Crippen molar-refractivity contribution in [3.8, 4) is 5.75 Å². The number of ether oxygens (including phenoxy) is 1. The van der Waals surface area contributed by atoms with E-state index in [1.165, 1.54) is 6.07 Å². The highest BCUT2D eigenvalue weighted by molar-refractivity contribution is 5.29. The highest BCUT2D eigenvalue weighted by atomic mass is 19.1. The van der Waals surface area contributed by atoms with E-state index in [1.807, 2.05) is 13.0 Å². The molecule has 0 fully saturated rings. The van der Waals surface area contributed by atoms with E-state index >= 15 is 0 Å². The predicted octanol–water partition coefficient (Wildman–Crippen LogP) is 2.67. The van der Waals surface area contributed by atoms with Gasteiger partial charge in [0.05, 0.1) is 0 Å². The van der Waals surface area contributed by atoms with Crippen LogP contribution in [0.25, 0.3) is 0 Å². The third-order valence-electron chi connectivity index (χ3n) is 2.36. The predicted molar refractivity (Wildman–Crippen MR) is 64.1 cm³/mol. The molecule has 0 bridgehead atoms. The van der Waals surface area contributed by atoms with Crippen LogP contribution in [0.1, 0.15) is 18.9 Å². The Morgan fingerprint density at radius 3 is 2.81 bits per heavy atom. The number of nitrogens with two attached hydrogens (primary N) is 1. The Balaban J connectivity index is 2.64. The number of hydrogen-bond donors (Lipinski definition) is 1. The van der Waals surface area contributed by atoms with Crippen LogP contribution in [0.15, 0.2) is 30.4 Å². The van der Waals surface area contributed by atoms with E-state index in [9.17, 15) is 4.39 Å². The van der Waals surface area contributed by atoms with Crippen LogP contribution in [0.3, 0.4) is 0 Å². The molecule has 0 radical (unpaired) electrons. The first-order chi connectivity index (χ1) is 7.67. The molecule has 2 nitrogen and oxygen atoms in total. The topological polar surface area (TPSA) is 35.2 Å². The number of benzene rings is 1. The lowest BCUT2D eigenvalue weighted by molar-refractivity contribution is 0.329. The van der Waals surface area contributed by atoms with Crippen molar-refractivity contribution >= 4 is 0 Å². The summed E-state index contributed by atoms with van der Waals surface area (Å²) in [5, 5.41) is 0. The Morgan fingerprint density at radius 1 is 1.50 bits per heavy atom. The average molecular weight is 223 g/mol. The summed E-state index contributed by atoms with van der Waals surface area (Å²) in [6, 6.07) is 4.94. The summed E-state index contributed by atoms with van der Waals surface area (Å²) in [5.74, 6) is -0.0646. The lowest BCUT2D eigenvalue weighted by Gasteiger charge is -2.09. The van der Waals surface area contributed by atoms with E-state index in [4.69, 9.17) is 10.5 Å². The Bertz CT molecular complexity index is 363. The van der Waals surface area contributed by atoms with E-state index in [-0.39, 0.29) is 11.6 Å². The molecule has 0 aliphatic heterocycles. The highest BCUT2D eigenvalue weighted by Crippen LogP contribution is 2.19. The van der Waals surface area contributed by atoms with Gasteiger partial charge in [0.1, 0.15) is 6.61 Å². The maximum atomic E-state index is 13.5. The fraction of sp³-hybridized carbons (Fsp3) is 0.385. The summed E-state index contributed by atoms with van der Waals surface area (Å²) in [7, 11) is 0. The zero-order chi connectivity index (χ0) is 12.0. The zero-order valence-electron chi connectivity index (χ0n) is 9.63. The van der Waals surface area contributed by atoms with Gasteiger partial charge in [-0.25, -0.2) is 4.39 Å². The van der Waals surface area contributed by atoms with E-state index in [0.29, 0.717) is 19.6 Å². The molecule has 0 aromatic heterocycles. The third kappa shape index (κ3) is 3.66. The van der Waals surface area contributed by atoms with Crippen molar-refractivity contribution < 1.29 is 9.13 Å². The molecule has 1 rings (SSSR count). The maximum Gasteiger partial charge on any atom is 0.165 e. The first kappa shape index (κ1) is 12.7. The monoisotopic (exact) mass is 223 g/mol. The summed E-state index contributed by atoms with van der Waals surface area (Å²) in [6.07, 6.45) is 1.52. The largest absolute Gasteiger partial charge is 0.486 e. The molecule has 0 unspecified atom stereocenters. The van der Waals surface area contributed by atoms with Gasteiger partial charge in [-0.3, -0.25) is 0 Å². The Morgan fingerprint density at radius 2 is 2.25 bits per heavy atom. The molecule has 0 aliphatic rings. The molecule has 16 heavy (non-hydrogen) atoms. The van der Waals surface area contributed by atoms with Crippen molar-refractivity contribution in [3.63, 3.8) is 0 Å². The molecule has 0 saturated heterocycles. The second-order valence-electron chi connectivity index (χ2n) is 3.70. The van der Waals surface area contributed by atoms with E-state index < -0.39 is 0 Å². The Labute approximate surface area is 95.9 Å². The van der Waals surface area contributed by atoms with Crippen LogP contribution >= 0.6 is 0 Å². The summed E-state index contributed by atoms with van der Waals surface area (Å²) < 4.78 is 18.8. The van der Waals surface area contributed by atoms with Crippen LogP contribution < -0.4 is 10.5 Å². The highest BCUT2D eigenvalue weighted by Gasteiger charge is 2.04. The van der Waals surface area contributed by atoms with Gasteiger partial charge < -0.3 is 10.5 Å². The third-order valence-corrected chi connectivity index (χ3v) is 2.36. The first-order valence-corrected chi connectivity index (χ1v) is 5.45. The van der Waals surface area contributed by atoms with Gasteiger partial charge in [0.2, 0.25) is 0 Å². The maximum absolute atomic E-state index is 13.5. The second-order valence-corrected chi connectivity index (χ2v) is 3.70. The fourth-order valence-corrected chi connectivity index (χ4v) is 1.27. The molecule has 1 aromatic carbocycles. The zero-order valence-corrected chi connectivity index (χ0v) is 9.63. The van der Waals surface area contributed by atoms with Crippen LogP contribution in [-0.4, -0.2) is 13.2 Å². The molecular weight excluding hydrogens is 205 g/mol. The van der Waals surface area contributed by atoms with Gasteiger partial charge in [0, 0.05) is 0 Å². The van der Waals surface area contributed by atoms with Gasteiger partial charge in [-0.15, -0.1) is 0 Å². The van der Waals surface area contributed by atoms with Gasteiger partial charge in [-0.2, -0.15) is 0 Å². The molecule has 0 amide bonds. The molecule has 2 N–H and O–H groups in total. The van der Waals surface area contributed by atoms with E-state index in [2.05, 4.69) is 6.58 Å². The molecular formula is C13H18FNO. The van der Waals surface area contributed by atoms with Gasteiger partial charge in [0.25, 0.3) is 0 Å². The van der Waals surface area contributed by atoms with Crippen molar-refractivity contribution in [2.24, 2.45) is 5.73 Å². The fourth-order valence-electron chi connectivity index (χ4n) is 1.27. The van der Waals surface area contributed by atoms with Crippen LogP contribution in [0.4, 0.5) is 4.39 Å². The van der Waals surface area contributed by atoms with Gasteiger partial charge >= 0.3 is 0 Å². The van der Waals surface area contributed by atoms with Crippen molar-refractivity contribution in [2.75, 3.05) is 13.2 Å². The number of rotatable bonds is 6. The summed E-state index contributed by atoms with van der Waals surface area (Å²) in [6.45, 7) is 6.68. The van der Waals surface area contributed by atoms with Crippen LogP contribution in [-0.2, 0) is 6.42 Å². The smallest absolute Gasteiger partial charge is 0.165 e. The molecule has 88 valence electrons. The second kappa shape index (κ2) is 6.28. The minimum atomic E-state index is -0.338. The van der Waals surface area contributed by atoms with Gasteiger partial charge in [-0.1, -0.05) is 19.6 Å². The normalized spacial score (nSPS) is 10.2. The van der Waals surface area contributed by atoms with Gasteiger partial charge in [0.15, 0.2) is 11.6 Å². The minimum absolute atomic E-state index is 0.273. The molecule has 3 heteroatoms. The number of halogens is 1. The molecule has 0 saturated carbocycles. The minimum Gasteiger partial charge on any atom is -0.486 e. The van der Waals surface area contributed by atoms with E-state index in [1.54, 1.807) is 6.07 Å². The quantitative estimate of drug-likeness (QED) is 0.752. The Hall–Kier alpha value is -1.35. The molecule has 0 atom stereocenters. The summed E-state index contributed by atoms with van der Waals surface area (Å²) >= 11 is 0. The Kier molecular flexibility index (Phi) is 4.99. The van der Waals surface area contributed by atoms with Gasteiger partial charge in [-0.05, 0) is 42.7 Å². The van der Waals surface area contributed by atoms with Crippen LogP contribution in [0.5, 0.6) is 5.75 Å². The van der Waals surface area contributed by atoms with E-state index in [0.717, 1.165) is 17.6 Å². The van der Waals surface area contributed by atoms with Crippen molar-refractivity contribution in [1.82, 2.24) is 0 Å². The number of hydrogen-bond acceptors (Lipinski definition) is 2. The molecule has 0 heterocycles. The lowest BCUT2D eigenvalue weighted by atomic mass is 10.1.